The number of para-hydroxylation sites is 3. The van der Waals surface area contributed by atoms with Crippen LogP contribution in [0.5, 0.6) is 0 Å². The number of aryl methyl sites for hydroxylation is 2. The van der Waals surface area contributed by atoms with Crippen molar-refractivity contribution < 1.29 is 0 Å². The Hall–Kier alpha value is -6.20. The summed E-state index contributed by atoms with van der Waals surface area (Å²) >= 11 is 0. The highest BCUT2D eigenvalue weighted by atomic mass is 15.3. The van der Waals surface area contributed by atoms with Crippen molar-refractivity contribution in [2.75, 3.05) is 208 Å². The average Bonchev–Trinajstić information content (AvgIpc) is 0.484. The molecule has 0 N–H and O–H groups in total. The van der Waals surface area contributed by atoms with Gasteiger partial charge in [-0.25, -0.2) is 19.9 Å². The summed E-state index contributed by atoms with van der Waals surface area (Å²) in [5.74, 6) is 1.74. The minimum atomic E-state index is 0.430. The first-order valence-electron chi connectivity index (χ1n) is 43.9. The van der Waals surface area contributed by atoms with Crippen LogP contribution in [0.3, 0.4) is 0 Å². The number of benzene rings is 4. The highest BCUT2D eigenvalue weighted by Gasteiger charge is 2.25. The van der Waals surface area contributed by atoms with E-state index < -0.39 is 0 Å². The zero-order valence-corrected chi connectivity index (χ0v) is 75.2. The fourth-order valence-electron chi connectivity index (χ4n) is 14.8. The molecule has 5 aliphatic heterocycles. The molecule has 0 amide bonds. The zero-order chi connectivity index (χ0) is 81.5. The summed E-state index contributed by atoms with van der Waals surface area (Å²) in [5, 5.41) is 0. The van der Waals surface area contributed by atoms with E-state index >= 15 is 0 Å². The first-order valence-corrected chi connectivity index (χ1v) is 43.9. The van der Waals surface area contributed by atoms with Crippen molar-refractivity contribution in [2.45, 2.75) is 209 Å². The first-order chi connectivity index (χ1) is 53.1. The van der Waals surface area contributed by atoms with Gasteiger partial charge in [0.2, 0.25) is 11.9 Å². The van der Waals surface area contributed by atoms with Crippen molar-refractivity contribution >= 4 is 29.0 Å². The van der Waals surface area contributed by atoms with E-state index in [1.165, 1.54) is 230 Å². The van der Waals surface area contributed by atoms with Gasteiger partial charge in [-0.15, -0.1) is 0 Å². The summed E-state index contributed by atoms with van der Waals surface area (Å²) in [6.07, 6.45) is 22.8. The van der Waals surface area contributed by atoms with Gasteiger partial charge >= 0.3 is 0 Å². The fourth-order valence-corrected chi connectivity index (χ4v) is 14.8. The lowest BCUT2D eigenvalue weighted by atomic mass is 9.90. The van der Waals surface area contributed by atoms with E-state index in [1.54, 1.807) is 0 Å². The molecule has 0 radical (unpaired) electrons. The number of hydrogen-bond acceptors (Lipinski definition) is 15. The van der Waals surface area contributed by atoms with Crippen molar-refractivity contribution in [1.29, 1.82) is 0 Å². The van der Waals surface area contributed by atoms with E-state index in [2.05, 4.69) is 328 Å². The molecule has 15 heteroatoms. The second-order valence-electron chi connectivity index (χ2n) is 39.9. The molecular formula is C97H163N15. The third kappa shape index (κ3) is 42.4. The molecule has 2 aromatic heterocycles. The normalized spacial score (nSPS) is 16.9. The number of nitrogens with zero attached hydrogens (tertiary/aromatic N) is 15. The molecule has 4 aromatic carbocycles. The van der Waals surface area contributed by atoms with Crippen LogP contribution in [0.2, 0.25) is 0 Å². The van der Waals surface area contributed by atoms with Gasteiger partial charge in [-0.2, -0.15) is 0 Å². The van der Waals surface area contributed by atoms with Crippen molar-refractivity contribution in [1.82, 2.24) is 49.3 Å². The number of aromatic nitrogens is 4. The largest absolute Gasteiger partial charge is 0.369 e. The molecule has 6 aromatic rings. The molecule has 626 valence electrons. The van der Waals surface area contributed by atoms with Gasteiger partial charge in [0.25, 0.3) is 0 Å². The van der Waals surface area contributed by atoms with Crippen LogP contribution in [-0.4, -0.2) is 233 Å². The van der Waals surface area contributed by atoms with Crippen LogP contribution in [-0.2, 0) is 6.42 Å². The quantitative estimate of drug-likeness (QED) is 0.0545. The van der Waals surface area contributed by atoms with E-state index in [0.29, 0.717) is 32.5 Å². The van der Waals surface area contributed by atoms with Crippen LogP contribution in [0.4, 0.5) is 29.0 Å². The van der Waals surface area contributed by atoms with Gasteiger partial charge in [0, 0.05) is 173 Å². The monoisotopic (exact) mass is 1540 g/mol. The van der Waals surface area contributed by atoms with Crippen LogP contribution in [0.1, 0.15) is 206 Å². The lowest BCUT2D eigenvalue weighted by Gasteiger charge is -2.37. The standard InChI is InChI=1S/C18H30N2.2C17H28N2.C16H27N.C15H26N4.C14H24N4/c1-16-8-5-6-9-17(16)20-14-12-19(13-15-20)11-7-10-18(2,3)4;2*1-17(2,3)10-7-11-18-12-14-19(15-13-18)16-8-5-4-6-9-16;1-16(2,3)12-14-17(4)13-8-11-15-9-6-5-7-10-15;1-15(2,3)6-4-9-18-10-12-19(13-11-18)14-16-7-5-8-17-14;1-14(2,3)5-8-17-9-11-18(12-10-17)13-15-6-4-7-16-13/h5-6,8-9H,7,10-15H2,1-4H3;2*4-6,8-9H,7,10-15H2,1-3H3;5-7,9-10H,8,11-14H2,1-4H3;5,7-8H,4,6,9-13H2,1-3H3;4,6-7H,5,8-12H2,1-3H3. The Morgan fingerprint density at radius 3 is 0.884 bits per heavy atom. The van der Waals surface area contributed by atoms with Crippen LogP contribution in [0, 0.1) is 39.4 Å². The molecule has 0 unspecified atom stereocenters. The summed E-state index contributed by atoms with van der Waals surface area (Å²) < 4.78 is 0. The molecule has 5 saturated heterocycles. The molecule has 5 fully saturated rings. The van der Waals surface area contributed by atoms with Crippen LogP contribution >= 0.6 is 0 Å². The maximum absolute atomic E-state index is 4.32. The first kappa shape index (κ1) is 94.7. The molecule has 5 aliphatic rings. The third-order valence-corrected chi connectivity index (χ3v) is 22.1. The van der Waals surface area contributed by atoms with Gasteiger partial charge in [-0.3, -0.25) is 24.5 Å². The summed E-state index contributed by atoms with van der Waals surface area (Å²) in [6, 6.07) is 44.8. The minimum Gasteiger partial charge on any atom is -0.369 e. The second-order valence-corrected chi connectivity index (χ2v) is 39.9. The summed E-state index contributed by atoms with van der Waals surface area (Å²) in [7, 11) is 2.23. The van der Waals surface area contributed by atoms with Gasteiger partial charge in [0.05, 0.1) is 0 Å². The Bertz CT molecular complexity index is 3120. The predicted molar refractivity (Wildman–Crippen MR) is 487 cm³/mol. The van der Waals surface area contributed by atoms with Gasteiger partial charge in [-0.05, 0) is 223 Å². The number of anilines is 5. The molecule has 0 saturated carbocycles. The SMILES string of the molecule is CC(C)(C)CCCN1CCN(c2ccccc2)CC1.CC(C)(C)CCCN1CCN(c2ccccc2)CC1.CC(C)(C)CCCN1CCN(c2ncccn2)CC1.CC(C)(C)CCN1CCN(c2ncccn2)CC1.CN(CCCc1ccccc1)CCC(C)(C)C.Cc1ccccc1N1CCN(CCCC(C)(C)C)CC1. The smallest absolute Gasteiger partial charge is 0.225 e. The summed E-state index contributed by atoms with van der Waals surface area (Å²) in [4.78, 5) is 44.8. The molecule has 112 heavy (non-hydrogen) atoms. The Labute approximate surface area is 687 Å². The molecular weight excluding hydrogens is 1380 g/mol. The molecule has 15 nitrogen and oxygen atoms in total. The zero-order valence-electron chi connectivity index (χ0n) is 75.2. The molecule has 7 heterocycles. The summed E-state index contributed by atoms with van der Waals surface area (Å²) in [5.41, 5.74) is 9.79. The lowest BCUT2D eigenvalue weighted by Crippen LogP contribution is -2.47. The van der Waals surface area contributed by atoms with Gasteiger partial charge < -0.3 is 29.4 Å². The Morgan fingerprint density at radius 2 is 0.562 bits per heavy atom. The van der Waals surface area contributed by atoms with Crippen LogP contribution in [0.25, 0.3) is 0 Å². The molecule has 11 rings (SSSR count). The van der Waals surface area contributed by atoms with E-state index in [4.69, 9.17) is 0 Å². The van der Waals surface area contributed by atoms with E-state index in [0.717, 1.165) is 64.3 Å². The topological polar surface area (TPSA) is 87.2 Å². The molecule has 0 spiro atoms. The highest BCUT2D eigenvalue weighted by Crippen LogP contribution is 2.28. The Morgan fingerprint density at radius 1 is 0.277 bits per heavy atom. The molecule has 0 atom stereocenters. The average molecular weight is 1540 g/mol. The van der Waals surface area contributed by atoms with Crippen molar-refractivity contribution in [3.05, 3.63) is 163 Å². The van der Waals surface area contributed by atoms with E-state index in [9.17, 15) is 0 Å². The Balaban J connectivity index is 0.000000210. The third-order valence-electron chi connectivity index (χ3n) is 22.1. The number of rotatable bonds is 25. The molecule has 0 bridgehead atoms. The van der Waals surface area contributed by atoms with Crippen molar-refractivity contribution in [3.8, 4) is 0 Å². The second kappa shape index (κ2) is 49.0. The predicted octanol–water partition coefficient (Wildman–Crippen LogP) is 19.7. The minimum absolute atomic E-state index is 0.430. The van der Waals surface area contributed by atoms with Crippen molar-refractivity contribution in [2.24, 2.45) is 32.5 Å². The van der Waals surface area contributed by atoms with E-state index in [1.807, 2.05) is 36.9 Å². The van der Waals surface area contributed by atoms with Crippen LogP contribution < -0.4 is 24.5 Å². The summed E-state index contributed by atoms with van der Waals surface area (Å²) in [6.45, 7) is 75.5. The van der Waals surface area contributed by atoms with Crippen LogP contribution in [0.15, 0.2) is 152 Å². The van der Waals surface area contributed by atoms with Gasteiger partial charge in [0.15, 0.2) is 0 Å². The molecule has 0 aliphatic carbocycles. The van der Waals surface area contributed by atoms with Crippen molar-refractivity contribution in [3.63, 3.8) is 0 Å². The maximum atomic E-state index is 4.32. The van der Waals surface area contributed by atoms with Gasteiger partial charge in [0.1, 0.15) is 0 Å². The lowest BCUT2D eigenvalue weighted by molar-refractivity contribution is 0.216. The number of piperazine rings is 5. The van der Waals surface area contributed by atoms with Gasteiger partial charge in [-0.1, -0.05) is 210 Å². The fraction of sp³-hybridized carbons (Fsp3) is 0.670. The highest BCUT2D eigenvalue weighted by molar-refractivity contribution is 5.53. The number of hydrogen-bond donors (Lipinski definition) is 0. The van der Waals surface area contributed by atoms with E-state index in [-0.39, 0.29) is 0 Å². The maximum Gasteiger partial charge on any atom is 0.225 e. The Kier molecular flexibility index (Phi) is 41.4.